The Morgan fingerprint density at radius 1 is 1.59 bits per heavy atom. The highest BCUT2D eigenvalue weighted by Crippen LogP contribution is 2.21. The fourth-order valence-corrected chi connectivity index (χ4v) is 2.39. The van der Waals surface area contributed by atoms with E-state index in [0.717, 1.165) is 13.0 Å². The highest BCUT2D eigenvalue weighted by molar-refractivity contribution is 6.31. The average molecular weight is 256 g/mol. The molecule has 0 radical (unpaired) electrons. The minimum atomic E-state index is 0.0264. The van der Waals surface area contributed by atoms with Crippen molar-refractivity contribution in [1.29, 1.82) is 0 Å². The normalized spacial score (nSPS) is 20.3. The first-order chi connectivity index (χ1) is 7.99. The van der Waals surface area contributed by atoms with Gasteiger partial charge in [-0.3, -0.25) is 4.79 Å². The average Bonchev–Trinajstić information content (AvgIpc) is 2.83. The summed E-state index contributed by atoms with van der Waals surface area (Å²) in [7, 11) is 0. The molecule has 1 atom stereocenters. The quantitative estimate of drug-likeness (QED) is 0.878. The van der Waals surface area contributed by atoms with Gasteiger partial charge in [-0.05, 0) is 26.3 Å². The first-order valence-electron chi connectivity index (χ1n) is 5.91. The van der Waals surface area contributed by atoms with E-state index in [0.29, 0.717) is 17.3 Å². The Labute approximate surface area is 106 Å². The number of hydrogen-bond donors (Lipinski definition) is 1. The Bertz CT molecular complexity index is 427. The predicted octanol–water partition coefficient (Wildman–Crippen LogP) is 1.90. The van der Waals surface area contributed by atoms with Crippen molar-refractivity contribution in [3.05, 3.63) is 23.0 Å². The van der Waals surface area contributed by atoms with Crippen molar-refractivity contribution in [3.8, 4) is 0 Å². The zero-order valence-corrected chi connectivity index (χ0v) is 10.9. The van der Waals surface area contributed by atoms with Gasteiger partial charge in [-0.15, -0.1) is 0 Å². The monoisotopic (exact) mass is 255 g/mol. The summed E-state index contributed by atoms with van der Waals surface area (Å²) in [6.07, 6.45) is 2.68. The third kappa shape index (κ3) is 2.48. The van der Waals surface area contributed by atoms with Crippen LogP contribution in [0.25, 0.3) is 0 Å². The molecule has 0 unspecified atom stereocenters. The van der Waals surface area contributed by atoms with Gasteiger partial charge >= 0.3 is 0 Å². The van der Waals surface area contributed by atoms with Gasteiger partial charge in [0.2, 0.25) is 0 Å². The summed E-state index contributed by atoms with van der Waals surface area (Å²) in [6.45, 7) is 5.44. The van der Waals surface area contributed by atoms with E-state index >= 15 is 0 Å². The number of hydrogen-bond acceptors (Lipinski definition) is 2. The van der Waals surface area contributed by atoms with Gasteiger partial charge in [0.1, 0.15) is 5.69 Å². The van der Waals surface area contributed by atoms with Crippen LogP contribution in [0.4, 0.5) is 0 Å². The summed E-state index contributed by atoms with van der Waals surface area (Å²) in [4.78, 5) is 14.1. The summed E-state index contributed by atoms with van der Waals surface area (Å²) in [5.74, 6) is 0.0264. The van der Waals surface area contributed by atoms with E-state index in [1.165, 1.54) is 0 Å². The molecule has 1 aliphatic heterocycles. The lowest BCUT2D eigenvalue weighted by molar-refractivity contribution is 0.0778. The summed E-state index contributed by atoms with van der Waals surface area (Å²) in [6, 6.07) is 2.06. The summed E-state index contributed by atoms with van der Waals surface area (Å²) >= 11 is 5.97. The van der Waals surface area contributed by atoms with Crippen LogP contribution in [0, 0.1) is 0 Å². The van der Waals surface area contributed by atoms with Gasteiger partial charge < -0.3 is 15.2 Å². The Balaban J connectivity index is 2.24. The second kappa shape index (κ2) is 4.70. The topological polar surface area (TPSA) is 51.3 Å². The molecule has 1 amide bonds. The number of rotatable bonds is 2. The molecule has 1 fully saturated rings. The first kappa shape index (κ1) is 12.5. The largest absolute Gasteiger partial charge is 0.339 e. The maximum atomic E-state index is 12.3. The molecular weight excluding hydrogens is 238 g/mol. The molecule has 4 nitrogen and oxygen atoms in total. The molecule has 5 heteroatoms. The highest BCUT2D eigenvalue weighted by atomic mass is 35.5. The lowest BCUT2D eigenvalue weighted by Crippen LogP contribution is -2.33. The van der Waals surface area contributed by atoms with Crippen LogP contribution in [0.5, 0.6) is 0 Å². The van der Waals surface area contributed by atoms with E-state index in [-0.39, 0.29) is 18.0 Å². The van der Waals surface area contributed by atoms with Crippen molar-refractivity contribution in [2.75, 3.05) is 13.1 Å². The summed E-state index contributed by atoms with van der Waals surface area (Å²) < 4.78 is 1.91. The number of nitrogens with zero attached hydrogens (tertiary/aromatic N) is 2. The van der Waals surface area contributed by atoms with Crippen molar-refractivity contribution in [2.45, 2.75) is 32.4 Å². The van der Waals surface area contributed by atoms with Crippen LogP contribution >= 0.6 is 11.6 Å². The fourth-order valence-electron chi connectivity index (χ4n) is 2.18. The van der Waals surface area contributed by atoms with Gasteiger partial charge in [0.05, 0.1) is 5.02 Å². The van der Waals surface area contributed by atoms with Crippen LogP contribution in [0.3, 0.4) is 0 Å². The van der Waals surface area contributed by atoms with Crippen molar-refractivity contribution >= 4 is 17.5 Å². The Morgan fingerprint density at radius 2 is 2.29 bits per heavy atom. The second-order valence-electron chi connectivity index (χ2n) is 4.84. The lowest BCUT2D eigenvalue weighted by atomic mass is 10.3. The number of nitrogens with two attached hydrogens (primary N) is 1. The Morgan fingerprint density at radius 3 is 2.82 bits per heavy atom. The van der Waals surface area contributed by atoms with Gasteiger partial charge in [-0.25, -0.2) is 0 Å². The molecule has 0 bridgehead atoms. The zero-order valence-electron chi connectivity index (χ0n) is 10.2. The highest BCUT2D eigenvalue weighted by Gasteiger charge is 2.27. The summed E-state index contributed by atoms with van der Waals surface area (Å²) in [5, 5.41) is 0.602. The first-order valence-corrected chi connectivity index (χ1v) is 6.29. The molecule has 0 aromatic carbocycles. The van der Waals surface area contributed by atoms with E-state index < -0.39 is 0 Å². The van der Waals surface area contributed by atoms with E-state index in [1.54, 1.807) is 17.2 Å². The van der Waals surface area contributed by atoms with Crippen LogP contribution in [-0.4, -0.2) is 34.5 Å². The molecule has 2 heterocycles. The molecule has 2 N–H and O–H groups in total. The van der Waals surface area contributed by atoms with E-state index in [1.807, 2.05) is 18.4 Å². The maximum Gasteiger partial charge on any atom is 0.270 e. The van der Waals surface area contributed by atoms with Crippen LogP contribution in [0.15, 0.2) is 12.3 Å². The molecule has 0 spiro atoms. The standard InChI is InChI=1S/C12H18ClN3O/c1-8(2)16-6-9(13)5-11(16)12(17)15-4-3-10(14)7-15/h5-6,8,10H,3-4,7,14H2,1-2H3/t10-/m0/s1. The molecule has 2 rings (SSSR count). The molecule has 0 saturated carbocycles. The molecule has 94 valence electrons. The Kier molecular flexibility index (Phi) is 3.45. The van der Waals surface area contributed by atoms with Crippen LogP contribution in [0.1, 0.15) is 36.8 Å². The third-order valence-electron chi connectivity index (χ3n) is 3.10. The molecule has 0 aliphatic carbocycles. The number of carbonyl (C=O) groups excluding carboxylic acids is 1. The van der Waals surface area contributed by atoms with E-state index in [9.17, 15) is 4.79 Å². The van der Waals surface area contributed by atoms with Gasteiger partial charge in [-0.1, -0.05) is 11.6 Å². The number of carbonyl (C=O) groups is 1. The van der Waals surface area contributed by atoms with Crippen molar-refractivity contribution in [2.24, 2.45) is 5.73 Å². The van der Waals surface area contributed by atoms with E-state index in [4.69, 9.17) is 17.3 Å². The number of likely N-dealkylation sites (tertiary alicyclic amines) is 1. The number of halogens is 1. The molecule has 1 aromatic rings. The van der Waals surface area contributed by atoms with Crippen LogP contribution in [-0.2, 0) is 0 Å². The molecule has 1 aliphatic rings. The maximum absolute atomic E-state index is 12.3. The predicted molar refractivity (Wildman–Crippen MR) is 68.3 cm³/mol. The zero-order chi connectivity index (χ0) is 12.6. The molecule has 17 heavy (non-hydrogen) atoms. The molecule has 1 saturated heterocycles. The minimum Gasteiger partial charge on any atom is -0.339 e. The Hall–Kier alpha value is -1.00. The van der Waals surface area contributed by atoms with E-state index in [2.05, 4.69) is 0 Å². The van der Waals surface area contributed by atoms with Gasteiger partial charge in [0.15, 0.2) is 0 Å². The lowest BCUT2D eigenvalue weighted by Gasteiger charge is -2.18. The van der Waals surface area contributed by atoms with Crippen molar-refractivity contribution in [1.82, 2.24) is 9.47 Å². The number of amides is 1. The van der Waals surface area contributed by atoms with Gasteiger partial charge in [0, 0.05) is 31.4 Å². The second-order valence-corrected chi connectivity index (χ2v) is 5.28. The summed E-state index contributed by atoms with van der Waals surface area (Å²) in [5.41, 5.74) is 6.47. The number of aromatic nitrogens is 1. The molecule has 1 aromatic heterocycles. The SMILES string of the molecule is CC(C)n1cc(Cl)cc1C(=O)N1CC[C@H](N)C1. The third-order valence-corrected chi connectivity index (χ3v) is 3.31. The van der Waals surface area contributed by atoms with Gasteiger partial charge in [0.25, 0.3) is 5.91 Å². The minimum absolute atomic E-state index is 0.0264. The van der Waals surface area contributed by atoms with Crippen molar-refractivity contribution < 1.29 is 4.79 Å². The van der Waals surface area contributed by atoms with Crippen LogP contribution in [0.2, 0.25) is 5.02 Å². The smallest absolute Gasteiger partial charge is 0.270 e. The van der Waals surface area contributed by atoms with Crippen molar-refractivity contribution in [3.63, 3.8) is 0 Å². The van der Waals surface area contributed by atoms with Gasteiger partial charge in [-0.2, -0.15) is 0 Å². The molecular formula is C12H18ClN3O. The fraction of sp³-hybridized carbons (Fsp3) is 0.583. The van der Waals surface area contributed by atoms with Crippen LogP contribution < -0.4 is 5.73 Å².